The Bertz CT molecular complexity index is 600. The van der Waals surface area contributed by atoms with Crippen molar-refractivity contribution in [3.05, 3.63) is 71.8 Å². The minimum absolute atomic E-state index is 0.0364. The molecule has 0 fully saturated rings. The average Bonchev–Trinajstić information content (AvgIpc) is 2.61. The molecule has 128 valence electrons. The zero-order valence-electron chi connectivity index (χ0n) is 14.8. The van der Waals surface area contributed by atoms with Crippen molar-refractivity contribution < 1.29 is 4.79 Å². The van der Waals surface area contributed by atoms with E-state index in [2.05, 4.69) is 43.4 Å². The molecule has 0 bridgehead atoms. The summed E-state index contributed by atoms with van der Waals surface area (Å²) in [6.07, 6.45) is 0.413. The Hall–Kier alpha value is -2.13. The number of hydrogen-bond acceptors (Lipinski definition) is 2. The fraction of sp³-hybridized carbons (Fsp3) is 0.381. The van der Waals surface area contributed by atoms with Crippen LogP contribution in [0.2, 0.25) is 0 Å². The van der Waals surface area contributed by atoms with Gasteiger partial charge in [0.1, 0.15) is 0 Å². The zero-order chi connectivity index (χ0) is 17.6. The lowest BCUT2D eigenvalue weighted by molar-refractivity contribution is -0.123. The van der Waals surface area contributed by atoms with Crippen molar-refractivity contribution in [2.75, 3.05) is 6.54 Å². The molecule has 0 spiro atoms. The number of benzene rings is 2. The first-order valence-corrected chi connectivity index (χ1v) is 8.57. The van der Waals surface area contributed by atoms with Crippen molar-refractivity contribution in [2.45, 2.75) is 38.6 Å². The lowest BCUT2D eigenvalue weighted by Crippen LogP contribution is -2.55. The summed E-state index contributed by atoms with van der Waals surface area (Å²) in [7, 11) is 0. The van der Waals surface area contributed by atoms with Gasteiger partial charge in [-0.25, -0.2) is 0 Å². The van der Waals surface area contributed by atoms with Crippen molar-refractivity contribution in [1.82, 2.24) is 5.32 Å². The minimum atomic E-state index is -0.380. The van der Waals surface area contributed by atoms with Gasteiger partial charge in [-0.3, -0.25) is 4.79 Å². The highest BCUT2D eigenvalue weighted by Crippen LogP contribution is 2.28. The topological polar surface area (TPSA) is 55.1 Å². The van der Waals surface area contributed by atoms with Crippen LogP contribution in [0.3, 0.4) is 0 Å². The second-order valence-corrected chi connectivity index (χ2v) is 6.90. The molecule has 0 saturated heterocycles. The maximum atomic E-state index is 12.7. The Morgan fingerprint density at radius 1 is 1.00 bits per heavy atom. The van der Waals surface area contributed by atoms with Crippen molar-refractivity contribution in [2.24, 2.45) is 11.7 Å². The first-order chi connectivity index (χ1) is 11.5. The van der Waals surface area contributed by atoms with Gasteiger partial charge in [0.15, 0.2) is 0 Å². The van der Waals surface area contributed by atoms with Crippen molar-refractivity contribution in [3.8, 4) is 0 Å². The van der Waals surface area contributed by atoms with Gasteiger partial charge in [0.2, 0.25) is 5.91 Å². The Kier molecular flexibility index (Phi) is 6.16. The standard InChI is InChI=1S/C21H28N2O/c1-16(2)21(3,15-22)23-20(24)14-19(17-10-6-4-7-11-17)18-12-8-5-9-13-18/h4-13,16,19H,14-15,22H2,1-3H3,(H,23,24). The second-order valence-electron chi connectivity index (χ2n) is 6.90. The summed E-state index contributed by atoms with van der Waals surface area (Å²) in [5.74, 6) is 0.356. The van der Waals surface area contributed by atoms with E-state index >= 15 is 0 Å². The van der Waals surface area contributed by atoms with Crippen LogP contribution in [0, 0.1) is 5.92 Å². The Labute approximate surface area is 145 Å². The van der Waals surface area contributed by atoms with Crippen molar-refractivity contribution in [1.29, 1.82) is 0 Å². The van der Waals surface area contributed by atoms with Crippen LogP contribution in [0.25, 0.3) is 0 Å². The van der Waals surface area contributed by atoms with Gasteiger partial charge in [0.25, 0.3) is 0 Å². The molecule has 1 atom stereocenters. The average molecular weight is 324 g/mol. The molecule has 2 aromatic carbocycles. The predicted molar refractivity (Wildman–Crippen MR) is 99.8 cm³/mol. The largest absolute Gasteiger partial charge is 0.349 e. The van der Waals surface area contributed by atoms with Gasteiger partial charge < -0.3 is 11.1 Å². The van der Waals surface area contributed by atoms with Crippen molar-refractivity contribution >= 4 is 5.91 Å². The van der Waals surface area contributed by atoms with E-state index in [1.165, 1.54) is 0 Å². The lowest BCUT2D eigenvalue weighted by Gasteiger charge is -2.34. The molecule has 0 aromatic heterocycles. The first kappa shape index (κ1) is 18.2. The molecule has 0 heterocycles. The molecule has 3 heteroatoms. The van der Waals surface area contributed by atoms with E-state index in [1.807, 2.05) is 43.3 Å². The van der Waals surface area contributed by atoms with Gasteiger partial charge in [-0.2, -0.15) is 0 Å². The van der Waals surface area contributed by atoms with E-state index in [0.717, 1.165) is 11.1 Å². The normalized spacial score (nSPS) is 13.8. The summed E-state index contributed by atoms with van der Waals surface area (Å²) in [5, 5.41) is 3.15. The van der Waals surface area contributed by atoms with Gasteiger partial charge in [0, 0.05) is 18.9 Å². The minimum Gasteiger partial charge on any atom is -0.349 e. The Morgan fingerprint density at radius 2 is 1.46 bits per heavy atom. The van der Waals surface area contributed by atoms with Crippen LogP contribution in [0.15, 0.2) is 60.7 Å². The number of nitrogens with one attached hydrogen (secondary N) is 1. The van der Waals surface area contributed by atoms with E-state index in [1.54, 1.807) is 0 Å². The molecule has 24 heavy (non-hydrogen) atoms. The third-order valence-electron chi connectivity index (χ3n) is 4.92. The van der Waals surface area contributed by atoms with Crippen LogP contribution < -0.4 is 11.1 Å². The highest BCUT2D eigenvalue weighted by molar-refractivity contribution is 5.78. The molecule has 0 aliphatic carbocycles. The second kappa shape index (κ2) is 8.11. The van der Waals surface area contributed by atoms with E-state index in [0.29, 0.717) is 13.0 Å². The molecule has 1 unspecified atom stereocenters. The highest BCUT2D eigenvalue weighted by atomic mass is 16.1. The molecular formula is C21H28N2O. The highest BCUT2D eigenvalue weighted by Gasteiger charge is 2.29. The number of nitrogens with two attached hydrogens (primary N) is 1. The molecule has 2 rings (SSSR count). The fourth-order valence-electron chi connectivity index (χ4n) is 2.78. The van der Waals surface area contributed by atoms with Crippen LogP contribution in [0.4, 0.5) is 0 Å². The smallest absolute Gasteiger partial charge is 0.221 e. The summed E-state index contributed by atoms with van der Waals surface area (Å²) in [5.41, 5.74) is 7.82. The molecule has 0 aliphatic heterocycles. The summed E-state index contributed by atoms with van der Waals surface area (Å²) >= 11 is 0. The van der Waals surface area contributed by atoms with Crippen LogP contribution >= 0.6 is 0 Å². The van der Waals surface area contributed by atoms with Crippen LogP contribution in [-0.4, -0.2) is 18.0 Å². The summed E-state index contributed by atoms with van der Waals surface area (Å²) in [4.78, 5) is 12.7. The maximum absolute atomic E-state index is 12.7. The van der Waals surface area contributed by atoms with Gasteiger partial charge in [-0.1, -0.05) is 74.5 Å². The van der Waals surface area contributed by atoms with Crippen molar-refractivity contribution in [3.63, 3.8) is 0 Å². The molecule has 0 radical (unpaired) electrons. The van der Waals surface area contributed by atoms with Gasteiger partial charge in [-0.05, 0) is 24.0 Å². The van der Waals surface area contributed by atoms with E-state index in [-0.39, 0.29) is 23.3 Å². The van der Waals surface area contributed by atoms with Gasteiger partial charge in [0.05, 0.1) is 5.54 Å². The molecule has 0 saturated carbocycles. The van der Waals surface area contributed by atoms with Crippen LogP contribution in [-0.2, 0) is 4.79 Å². The third kappa shape index (κ3) is 4.45. The Balaban J connectivity index is 2.22. The quantitative estimate of drug-likeness (QED) is 0.816. The van der Waals surface area contributed by atoms with E-state index in [9.17, 15) is 4.79 Å². The summed E-state index contributed by atoms with van der Waals surface area (Å²) in [6, 6.07) is 20.4. The predicted octanol–water partition coefficient (Wildman–Crippen LogP) is 3.70. The number of hydrogen-bond donors (Lipinski definition) is 2. The number of amides is 1. The summed E-state index contributed by atoms with van der Waals surface area (Å²) in [6.45, 7) is 6.60. The monoisotopic (exact) mass is 324 g/mol. The van der Waals surface area contributed by atoms with E-state index < -0.39 is 0 Å². The molecule has 1 amide bonds. The zero-order valence-corrected chi connectivity index (χ0v) is 14.8. The first-order valence-electron chi connectivity index (χ1n) is 8.57. The lowest BCUT2D eigenvalue weighted by atomic mass is 9.86. The third-order valence-corrected chi connectivity index (χ3v) is 4.92. The van der Waals surface area contributed by atoms with Crippen LogP contribution in [0.5, 0.6) is 0 Å². The van der Waals surface area contributed by atoms with Gasteiger partial charge in [-0.15, -0.1) is 0 Å². The SMILES string of the molecule is CC(C)C(C)(CN)NC(=O)CC(c1ccccc1)c1ccccc1. The maximum Gasteiger partial charge on any atom is 0.221 e. The van der Waals surface area contributed by atoms with E-state index in [4.69, 9.17) is 5.73 Å². The van der Waals surface area contributed by atoms with Crippen LogP contribution in [0.1, 0.15) is 44.2 Å². The molecule has 3 nitrogen and oxygen atoms in total. The molecule has 3 N–H and O–H groups in total. The number of carbonyl (C=O) groups excluding carboxylic acids is 1. The number of rotatable bonds is 7. The number of carbonyl (C=O) groups is 1. The molecule has 0 aliphatic rings. The van der Waals surface area contributed by atoms with Gasteiger partial charge >= 0.3 is 0 Å². The summed E-state index contributed by atoms with van der Waals surface area (Å²) < 4.78 is 0. The fourth-order valence-corrected chi connectivity index (χ4v) is 2.78. The molecule has 2 aromatic rings. The molecular weight excluding hydrogens is 296 g/mol. The Morgan fingerprint density at radius 3 is 1.83 bits per heavy atom.